The highest BCUT2D eigenvalue weighted by Gasteiger charge is 2.48. The Morgan fingerprint density at radius 3 is 1.14 bits per heavy atom. The van der Waals surface area contributed by atoms with Gasteiger partial charge in [0.15, 0.2) is 0 Å². The lowest BCUT2D eigenvalue weighted by atomic mass is 10.3. The van der Waals surface area contributed by atoms with Crippen LogP contribution in [0.4, 0.5) is 0 Å². The van der Waals surface area contributed by atoms with Crippen molar-refractivity contribution in [2.45, 2.75) is 64.9 Å². The maximum absolute atomic E-state index is 14.5. The first-order valence-corrected chi connectivity index (χ1v) is 17.6. The molecule has 0 fully saturated rings. The van der Waals surface area contributed by atoms with E-state index in [1.165, 1.54) is 0 Å². The van der Waals surface area contributed by atoms with Crippen LogP contribution in [0.5, 0.6) is 0 Å². The number of benzene rings is 2. The largest absolute Gasteiger partial charge is 0.318 e. The minimum Gasteiger partial charge on any atom is -0.318 e. The summed E-state index contributed by atoms with van der Waals surface area (Å²) in [6, 6.07) is 19.9. The van der Waals surface area contributed by atoms with E-state index in [0.717, 1.165) is 10.6 Å². The number of rotatable bonds is 6. The molecule has 0 radical (unpaired) electrons. The summed E-state index contributed by atoms with van der Waals surface area (Å²) in [6.45, 7) is 17.1. The predicted octanol–water partition coefficient (Wildman–Crippen LogP) is 6.75. The van der Waals surface area contributed by atoms with Gasteiger partial charge in [-0.15, -0.1) is 0 Å². The monoisotopic (exact) mass is 448 g/mol. The minimum atomic E-state index is -2.67. The first-order valence-electron chi connectivity index (χ1n) is 10.4. The summed E-state index contributed by atoms with van der Waals surface area (Å²) in [5.41, 5.74) is 0. The van der Waals surface area contributed by atoms with Gasteiger partial charge in [-0.2, -0.15) is 0 Å². The Kier molecular flexibility index (Phi) is 7.01. The lowest BCUT2D eigenvalue weighted by Gasteiger charge is -2.41. The molecular formula is C24H38O2P2Si. The molecule has 5 heteroatoms. The maximum atomic E-state index is 14.5. The van der Waals surface area contributed by atoms with E-state index in [2.05, 4.69) is 54.6 Å². The van der Waals surface area contributed by atoms with Gasteiger partial charge in [0, 0.05) is 32.5 Å². The first-order chi connectivity index (χ1) is 13.1. The Bertz CT molecular complexity index is 832. The van der Waals surface area contributed by atoms with Gasteiger partial charge >= 0.3 is 0 Å². The zero-order chi connectivity index (χ0) is 22.1. The second kappa shape index (κ2) is 8.33. The Morgan fingerprint density at radius 1 is 0.621 bits per heavy atom. The van der Waals surface area contributed by atoms with Gasteiger partial charge < -0.3 is 9.13 Å². The van der Waals surface area contributed by atoms with Crippen molar-refractivity contribution >= 4 is 33.0 Å². The third-order valence-electron chi connectivity index (χ3n) is 5.82. The molecule has 0 amide bonds. The van der Waals surface area contributed by atoms with Crippen molar-refractivity contribution in [2.24, 2.45) is 0 Å². The normalized spacial score (nSPS) is 17.4. The first kappa shape index (κ1) is 24.4. The highest BCUT2D eigenvalue weighted by atomic mass is 31.2. The molecule has 0 N–H and O–H groups in total. The Morgan fingerprint density at radius 2 is 0.897 bits per heavy atom. The van der Waals surface area contributed by atoms with Crippen LogP contribution in [0.1, 0.15) is 41.5 Å². The molecule has 2 rings (SSSR count). The molecule has 2 atom stereocenters. The summed E-state index contributed by atoms with van der Waals surface area (Å²) in [5, 5.41) is 1.27. The van der Waals surface area contributed by atoms with E-state index in [-0.39, 0.29) is 10.3 Å². The molecule has 0 saturated carbocycles. The summed E-state index contributed by atoms with van der Waals surface area (Å²) >= 11 is 0. The fourth-order valence-electron chi connectivity index (χ4n) is 4.02. The van der Waals surface area contributed by atoms with Crippen molar-refractivity contribution in [3.05, 3.63) is 60.7 Å². The predicted molar refractivity (Wildman–Crippen MR) is 134 cm³/mol. The molecule has 2 aromatic rings. The van der Waals surface area contributed by atoms with Crippen molar-refractivity contribution < 1.29 is 9.13 Å². The molecule has 0 spiro atoms. The van der Waals surface area contributed by atoms with E-state index in [4.69, 9.17) is 0 Å². The Labute approximate surface area is 179 Å². The molecule has 0 heterocycles. The molecule has 0 aromatic heterocycles. The van der Waals surface area contributed by atoms with Crippen LogP contribution in [0.2, 0.25) is 13.1 Å². The van der Waals surface area contributed by atoms with Gasteiger partial charge in [0.05, 0.1) is 8.07 Å². The van der Waals surface area contributed by atoms with Crippen molar-refractivity contribution in [1.82, 2.24) is 0 Å². The van der Waals surface area contributed by atoms with E-state index < -0.39 is 22.4 Å². The van der Waals surface area contributed by atoms with Crippen molar-refractivity contribution in [2.75, 3.05) is 11.6 Å². The zero-order valence-corrected chi connectivity index (χ0v) is 22.2. The summed E-state index contributed by atoms with van der Waals surface area (Å²) < 4.78 is 28.9. The molecule has 0 aliphatic rings. The Balaban J connectivity index is 2.50. The molecule has 2 unspecified atom stereocenters. The SMILES string of the molecule is CC(C)(C)P(=O)(C[Si](C)(C)CP(=O)(c1ccccc1)C(C)(C)C)c1ccccc1. The zero-order valence-electron chi connectivity index (χ0n) is 19.4. The average molecular weight is 449 g/mol. The van der Waals surface area contributed by atoms with Gasteiger partial charge in [0.1, 0.15) is 14.3 Å². The van der Waals surface area contributed by atoms with Crippen LogP contribution < -0.4 is 10.6 Å². The Hall–Kier alpha value is -0.883. The van der Waals surface area contributed by atoms with Crippen LogP contribution in [-0.2, 0) is 9.13 Å². The highest BCUT2D eigenvalue weighted by molar-refractivity contribution is 7.78. The maximum Gasteiger partial charge on any atom is 0.118 e. The van der Waals surface area contributed by atoms with E-state index in [0.29, 0.717) is 11.6 Å². The summed E-state index contributed by atoms with van der Waals surface area (Å²) in [6.07, 6.45) is 0. The van der Waals surface area contributed by atoms with Crippen LogP contribution in [0.25, 0.3) is 0 Å². The molecule has 29 heavy (non-hydrogen) atoms. The van der Waals surface area contributed by atoms with Gasteiger partial charge in [-0.25, -0.2) is 0 Å². The highest BCUT2D eigenvalue weighted by Crippen LogP contribution is 2.62. The van der Waals surface area contributed by atoms with E-state index in [1.807, 2.05) is 60.7 Å². The lowest BCUT2D eigenvalue weighted by Crippen LogP contribution is -2.44. The second-order valence-electron chi connectivity index (χ2n) is 11.0. The van der Waals surface area contributed by atoms with Crippen LogP contribution >= 0.6 is 14.3 Å². The molecule has 0 saturated heterocycles. The molecule has 0 aliphatic carbocycles. The van der Waals surface area contributed by atoms with E-state index in [9.17, 15) is 9.13 Å². The summed E-state index contributed by atoms with van der Waals surface area (Å²) in [7, 11) is -7.42. The molecule has 160 valence electrons. The topological polar surface area (TPSA) is 34.1 Å². The van der Waals surface area contributed by atoms with Crippen molar-refractivity contribution in [3.63, 3.8) is 0 Å². The van der Waals surface area contributed by atoms with Gasteiger partial charge in [0.2, 0.25) is 0 Å². The number of hydrogen-bond acceptors (Lipinski definition) is 2. The van der Waals surface area contributed by atoms with Crippen LogP contribution in [0.3, 0.4) is 0 Å². The van der Waals surface area contributed by atoms with Crippen molar-refractivity contribution in [1.29, 1.82) is 0 Å². The van der Waals surface area contributed by atoms with Gasteiger partial charge in [-0.05, 0) is 0 Å². The fourth-order valence-corrected chi connectivity index (χ4v) is 23.1. The summed E-state index contributed by atoms with van der Waals surface area (Å²) in [5.74, 6) is 1.36. The molecule has 2 nitrogen and oxygen atoms in total. The molecule has 2 aromatic carbocycles. The van der Waals surface area contributed by atoms with Gasteiger partial charge in [-0.1, -0.05) is 115 Å². The standard InChI is InChI=1S/C24H38O2P2Si/c1-23(2,3)27(25,21-15-11-9-12-16-21)19-29(7,8)20-28(26,24(4,5)6)22-17-13-10-14-18-22/h9-18H,19-20H2,1-8H3. The van der Waals surface area contributed by atoms with Crippen LogP contribution in [0.15, 0.2) is 60.7 Å². The second-order valence-corrected chi connectivity index (χ2v) is 24.5. The smallest absolute Gasteiger partial charge is 0.118 e. The van der Waals surface area contributed by atoms with Gasteiger partial charge in [-0.3, -0.25) is 0 Å². The third-order valence-corrected chi connectivity index (χ3v) is 22.8. The fraction of sp³-hybridized carbons (Fsp3) is 0.500. The van der Waals surface area contributed by atoms with Crippen LogP contribution in [-0.4, -0.2) is 30.0 Å². The summed E-state index contributed by atoms with van der Waals surface area (Å²) in [4.78, 5) is 0. The van der Waals surface area contributed by atoms with E-state index in [1.54, 1.807) is 0 Å². The number of hydrogen-bond donors (Lipinski definition) is 0. The van der Waals surface area contributed by atoms with Gasteiger partial charge in [0.25, 0.3) is 0 Å². The quantitative estimate of drug-likeness (QED) is 0.362. The van der Waals surface area contributed by atoms with Crippen LogP contribution in [0, 0.1) is 0 Å². The third kappa shape index (κ3) is 5.24. The van der Waals surface area contributed by atoms with Crippen molar-refractivity contribution in [3.8, 4) is 0 Å². The molecule has 0 aliphatic heterocycles. The average Bonchev–Trinajstić information content (AvgIpc) is 2.60. The minimum absolute atomic E-state index is 0.322. The van der Waals surface area contributed by atoms with E-state index >= 15 is 0 Å². The molecule has 0 bridgehead atoms. The molecular weight excluding hydrogens is 410 g/mol. The lowest BCUT2D eigenvalue weighted by molar-refractivity contribution is 0.558.